The maximum Gasteiger partial charge on any atom is 0.289 e. The summed E-state index contributed by atoms with van der Waals surface area (Å²) in [6.45, 7) is 5.55. The monoisotopic (exact) mass is 770 g/mol. The number of para-hydroxylation sites is 1. The van der Waals surface area contributed by atoms with Crippen molar-refractivity contribution in [3.63, 3.8) is 0 Å². The molecule has 0 unspecified atom stereocenters. The van der Waals surface area contributed by atoms with Gasteiger partial charge in [-0.3, -0.25) is 29.4 Å². The van der Waals surface area contributed by atoms with Crippen LogP contribution in [0, 0.1) is 17.0 Å². The lowest BCUT2D eigenvalue weighted by Crippen LogP contribution is -2.49. The summed E-state index contributed by atoms with van der Waals surface area (Å²) in [6.07, 6.45) is 1.23. The Hall–Kier alpha value is -5.45. The Morgan fingerprint density at radius 1 is 0.891 bits per heavy atom. The van der Waals surface area contributed by atoms with Crippen LogP contribution < -0.4 is 15.5 Å². The van der Waals surface area contributed by atoms with Gasteiger partial charge in [-0.15, -0.1) is 0 Å². The molecule has 0 spiro atoms. The molecular formula is C39H46N8O7S. The molecule has 2 fully saturated rings. The topological polar surface area (TPSA) is 178 Å². The second-order valence-electron chi connectivity index (χ2n) is 13.9. The average Bonchev–Trinajstić information content (AvgIpc) is 3.19. The number of aryl methyl sites for hydroxylation is 1. The molecule has 2 saturated heterocycles. The number of hydrogen-bond acceptors (Lipinski definition) is 10. The van der Waals surface area contributed by atoms with Crippen LogP contribution in [0.5, 0.6) is 0 Å². The summed E-state index contributed by atoms with van der Waals surface area (Å²) in [5.74, 6) is -0.0160. The van der Waals surface area contributed by atoms with Crippen LogP contribution in [0.3, 0.4) is 0 Å². The summed E-state index contributed by atoms with van der Waals surface area (Å²) in [5.41, 5.74) is 2.69. The summed E-state index contributed by atoms with van der Waals surface area (Å²) >= 11 is 0. The van der Waals surface area contributed by atoms with Crippen molar-refractivity contribution in [2.45, 2.75) is 50.1 Å². The molecular weight excluding hydrogens is 725 g/mol. The Kier molecular flexibility index (Phi) is 12.4. The zero-order valence-corrected chi connectivity index (χ0v) is 31.8. The summed E-state index contributed by atoms with van der Waals surface area (Å²) in [7, 11) is -2.90. The fourth-order valence-corrected chi connectivity index (χ4v) is 9.02. The number of aromatic nitrogens is 1. The van der Waals surface area contributed by atoms with Gasteiger partial charge in [0.25, 0.3) is 15.7 Å². The molecule has 290 valence electrons. The minimum Gasteiger partial charge on any atom is -0.359 e. The van der Waals surface area contributed by atoms with E-state index in [1.165, 1.54) is 18.2 Å². The van der Waals surface area contributed by atoms with Gasteiger partial charge in [-0.1, -0.05) is 42.5 Å². The molecule has 55 heavy (non-hydrogen) atoms. The van der Waals surface area contributed by atoms with E-state index in [4.69, 9.17) is 4.98 Å². The van der Waals surface area contributed by atoms with Crippen LogP contribution in [0.1, 0.15) is 36.8 Å². The zero-order chi connectivity index (χ0) is 39.1. The first-order valence-corrected chi connectivity index (χ1v) is 19.8. The highest BCUT2D eigenvalue weighted by Crippen LogP contribution is 2.31. The van der Waals surface area contributed by atoms with Crippen molar-refractivity contribution in [3.05, 3.63) is 100 Å². The van der Waals surface area contributed by atoms with Gasteiger partial charge in [0.15, 0.2) is 4.90 Å². The quantitative estimate of drug-likeness (QED) is 0.150. The normalized spacial score (nSPS) is 15.6. The van der Waals surface area contributed by atoms with Crippen molar-refractivity contribution in [1.29, 1.82) is 0 Å². The number of piperidine rings is 1. The maximum atomic E-state index is 14.2. The standard InChI is InChI=1S/C39H46N8O7S/c1-28-24-36(44-20-22-45(23-21-44)39(50)15-14-37(48)40-2)42-33-13-12-30(25-32(28)33)41-38(49)27-46(55(53,54)35-11-7-6-10-34(35)47(51)52)31-16-18-43(19-17-31)26-29-8-4-3-5-9-29/h3-13,24-25,31H,14-23,26-27H2,1-2H3,(H,40,48)(H,41,49). The number of sulfonamides is 1. The molecule has 1 aromatic heterocycles. The first-order valence-electron chi connectivity index (χ1n) is 18.4. The van der Waals surface area contributed by atoms with Crippen LogP contribution in [0.2, 0.25) is 0 Å². The second-order valence-corrected chi connectivity index (χ2v) is 15.7. The van der Waals surface area contributed by atoms with Crippen LogP contribution in [0.25, 0.3) is 10.9 Å². The van der Waals surface area contributed by atoms with Crippen molar-refractivity contribution in [2.75, 3.05) is 63.1 Å². The van der Waals surface area contributed by atoms with Gasteiger partial charge in [-0.25, -0.2) is 13.4 Å². The maximum absolute atomic E-state index is 14.2. The first kappa shape index (κ1) is 39.2. The van der Waals surface area contributed by atoms with E-state index < -0.39 is 44.0 Å². The lowest BCUT2D eigenvalue weighted by Gasteiger charge is -2.37. The summed E-state index contributed by atoms with van der Waals surface area (Å²) in [4.78, 5) is 59.5. The molecule has 2 N–H and O–H groups in total. The molecule has 3 aromatic carbocycles. The lowest BCUT2D eigenvalue weighted by atomic mass is 10.0. The van der Waals surface area contributed by atoms with Crippen LogP contribution in [0.4, 0.5) is 17.2 Å². The van der Waals surface area contributed by atoms with E-state index in [9.17, 15) is 32.9 Å². The predicted octanol–water partition coefficient (Wildman–Crippen LogP) is 3.92. The van der Waals surface area contributed by atoms with Gasteiger partial charge in [-0.2, -0.15) is 4.31 Å². The molecule has 0 saturated carbocycles. The molecule has 16 heteroatoms. The highest BCUT2D eigenvalue weighted by Gasteiger charge is 2.38. The van der Waals surface area contributed by atoms with E-state index in [2.05, 4.69) is 20.4 Å². The molecule has 0 radical (unpaired) electrons. The van der Waals surface area contributed by atoms with Crippen molar-refractivity contribution < 1.29 is 27.7 Å². The number of anilines is 2. The Morgan fingerprint density at radius 2 is 1.58 bits per heavy atom. The Bertz CT molecular complexity index is 2150. The number of fused-ring (bicyclic) bond motifs is 1. The fourth-order valence-electron chi connectivity index (χ4n) is 7.22. The number of nitro benzene ring substituents is 1. The molecule has 0 atom stereocenters. The van der Waals surface area contributed by atoms with Crippen molar-refractivity contribution in [1.82, 2.24) is 24.4 Å². The Balaban J connectivity index is 1.15. The number of piperazine rings is 1. The molecule has 0 bridgehead atoms. The number of amides is 3. The van der Waals surface area contributed by atoms with Gasteiger partial charge in [-0.05, 0) is 61.2 Å². The minimum atomic E-state index is -4.45. The van der Waals surface area contributed by atoms with Crippen molar-refractivity contribution >= 4 is 55.8 Å². The van der Waals surface area contributed by atoms with E-state index in [-0.39, 0.29) is 24.7 Å². The number of pyridine rings is 1. The number of nitro groups is 1. The highest BCUT2D eigenvalue weighted by atomic mass is 32.2. The fraction of sp³-hybridized carbons (Fsp3) is 0.385. The number of likely N-dealkylation sites (tertiary alicyclic amines) is 1. The molecule has 2 aliphatic heterocycles. The van der Waals surface area contributed by atoms with E-state index in [0.29, 0.717) is 69.9 Å². The third kappa shape index (κ3) is 9.44. The third-order valence-electron chi connectivity index (χ3n) is 10.2. The summed E-state index contributed by atoms with van der Waals surface area (Å²) in [5, 5.41) is 18.1. The number of nitrogens with one attached hydrogen (secondary N) is 2. The summed E-state index contributed by atoms with van der Waals surface area (Å²) < 4.78 is 29.5. The van der Waals surface area contributed by atoms with E-state index in [1.54, 1.807) is 30.1 Å². The van der Waals surface area contributed by atoms with Crippen LogP contribution in [0.15, 0.2) is 83.8 Å². The van der Waals surface area contributed by atoms with Crippen LogP contribution in [-0.2, 0) is 31.0 Å². The van der Waals surface area contributed by atoms with Gasteiger partial charge >= 0.3 is 0 Å². The third-order valence-corrected chi connectivity index (χ3v) is 12.2. The second kappa shape index (κ2) is 17.3. The molecule has 0 aliphatic carbocycles. The summed E-state index contributed by atoms with van der Waals surface area (Å²) in [6, 6.07) is 21.9. The SMILES string of the molecule is CNC(=O)CCC(=O)N1CCN(c2cc(C)c3cc(NC(=O)CN(C4CCN(Cc5ccccc5)CC4)S(=O)(=O)c4ccccc4[N+](=O)[O-])ccc3n2)CC1. The molecule has 15 nitrogen and oxygen atoms in total. The van der Waals surface area contributed by atoms with Crippen molar-refractivity contribution in [2.24, 2.45) is 0 Å². The van der Waals surface area contributed by atoms with Gasteiger partial charge in [0.2, 0.25) is 17.7 Å². The Morgan fingerprint density at radius 3 is 2.27 bits per heavy atom. The van der Waals surface area contributed by atoms with Crippen molar-refractivity contribution in [3.8, 4) is 0 Å². The van der Waals surface area contributed by atoms with E-state index >= 15 is 0 Å². The molecule has 3 heterocycles. The number of hydrogen-bond donors (Lipinski definition) is 2. The molecule has 3 amide bonds. The van der Waals surface area contributed by atoms with Gasteiger partial charge < -0.3 is 20.4 Å². The van der Waals surface area contributed by atoms with Gasteiger partial charge in [0.05, 0.1) is 17.0 Å². The number of rotatable bonds is 13. The molecule has 2 aliphatic rings. The average molecular weight is 771 g/mol. The number of benzene rings is 3. The number of nitrogens with zero attached hydrogens (tertiary/aromatic N) is 6. The molecule has 4 aromatic rings. The van der Waals surface area contributed by atoms with Gasteiger partial charge in [0.1, 0.15) is 5.82 Å². The van der Waals surface area contributed by atoms with Crippen LogP contribution in [-0.4, -0.2) is 109 Å². The van der Waals surface area contributed by atoms with Gasteiger partial charge in [0, 0.05) is 88.9 Å². The molecule has 6 rings (SSSR count). The highest BCUT2D eigenvalue weighted by molar-refractivity contribution is 7.89. The largest absolute Gasteiger partial charge is 0.359 e. The predicted molar refractivity (Wildman–Crippen MR) is 209 cm³/mol. The Labute approximate surface area is 320 Å². The van der Waals surface area contributed by atoms with E-state index in [0.717, 1.165) is 32.7 Å². The smallest absolute Gasteiger partial charge is 0.289 e. The first-order chi connectivity index (χ1) is 26.4. The van der Waals surface area contributed by atoms with E-state index in [1.807, 2.05) is 43.3 Å². The zero-order valence-electron chi connectivity index (χ0n) is 31.0. The lowest BCUT2D eigenvalue weighted by molar-refractivity contribution is -0.387. The minimum absolute atomic E-state index is 0.0493. The number of carbonyl (C=O) groups excluding carboxylic acids is 3. The number of carbonyl (C=O) groups is 3. The van der Waals surface area contributed by atoms with Crippen LogP contribution >= 0.6 is 0 Å².